The molecular weight excluding hydrogens is 482 g/mol. The van der Waals surface area contributed by atoms with Crippen LogP contribution in [-0.4, -0.2) is 91.6 Å². The van der Waals surface area contributed by atoms with Crippen molar-refractivity contribution in [2.75, 3.05) is 44.7 Å². The second-order valence-corrected chi connectivity index (χ2v) is 11.8. The first kappa shape index (κ1) is 25.1. The number of aromatic nitrogens is 4. The van der Waals surface area contributed by atoms with Gasteiger partial charge in [-0.25, -0.2) is 9.67 Å². The Bertz CT molecular complexity index is 1420. The highest BCUT2D eigenvalue weighted by Crippen LogP contribution is 2.47. The first-order chi connectivity index (χ1) is 18.2. The monoisotopic (exact) mass is 519 g/mol. The van der Waals surface area contributed by atoms with Crippen molar-refractivity contribution in [1.82, 2.24) is 29.1 Å². The first-order valence-electron chi connectivity index (χ1n) is 13.7. The van der Waals surface area contributed by atoms with Crippen LogP contribution >= 0.6 is 0 Å². The van der Waals surface area contributed by atoms with Crippen molar-refractivity contribution in [2.45, 2.75) is 57.7 Å². The molecule has 4 heterocycles. The zero-order chi connectivity index (χ0) is 26.7. The van der Waals surface area contributed by atoms with E-state index in [0.717, 1.165) is 43.9 Å². The van der Waals surface area contributed by atoms with Gasteiger partial charge in [-0.3, -0.25) is 14.2 Å². The molecule has 0 unspecified atom stereocenters. The Morgan fingerprint density at radius 1 is 1.11 bits per heavy atom. The van der Waals surface area contributed by atoms with Gasteiger partial charge in [0, 0.05) is 49.9 Å². The number of likely N-dealkylation sites (tertiary alicyclic amines) is 1. The maximum absolute atomic E-state index is 13.4. The van der Waals surface area contributed by atoms with Crippen LogP contribution in [-0.2, 0) is 11.3 Å². The number of hydrogen-bond donors (Lipinski definition) is 1. The predicted octanol–water partition coefficient (Wildman–Crippen LogP) is 1.88. The smallest absolute Gasteiger partial charge is 0.264 e. The van der Waals surface area contributed by atoms with Crippen molar-refractivity contribution in [3.05, 3.63) is 47.1 Å². The molecule has 3 aromatic rings. The Morgan fingerprint density at radius 3 is 2.55 bits per heavy atom. The molecule has 2 aromatic heterocycles. The molecule has 1 aromatic carbocycles. The Balaban J connectivity index is 1.20. The molecule has 10 nitrogen and oxygen atoms in total. The highest BCUT2D eigenvalue weighted by molar-refractivity contribution is 5.85. The van der Waals surface area contributed by atoms with Crippen LogP contribution in [0.3, 0.4) is 0 Å². The zero-order valence-electron chi connectivity index (χ0n) is 22.5. The third kappa shape index (κ3) is 4.49. The fourth-order valence-corrected chi connectivity index (χ4v) is 5.74. The average Bonchev–Trinajstić information content (AvgIpc) is 3.51. The number of piperazine rings is 1. The Hall–Kier alpha value is -3.24. The molecule has 10 heteroatoms. The van der Waals surface area contributed by atoms with Crippen LogP contribution in [0.15, 0.2) is 41.6 Å². The van der Waals surface area contributed by atoms with Crippen molar-refractivity contribution in [3.8, 4) is 5.69 Å². The Morgan fingerprint density at radius 2 is 1.84 bits per heavy atom. The lowest BCUT2D eigenvalue weighted by atomic mass is 9.90. The molecule has 2 aliphatic heterocycles. The number of amides is 1. The largest absolute Gasteiger partial charge is 0.388 e. The number of hydrogen-bond acceptors (Lipinski definition) is 7. The molecule has 1 atom stereocenters. The number of benzene rings is 1. The van der Waals surface area contributed by atoms with Crippen LogP contribution in [0.2, 0.25) is 0 Å². The van der Waals surface area contributed by atoms with Crippen molar-refractivity contribution >= 4 is 22.6 Å². The molecule has 0 radical (unpaired) electrons. The lowest BCUT2D eigenvalue weighted by molar-refractivity contribution is -0.141. The molecule has 0 bridgehead atoms. The number of aliphatic hydroxyl groups is 1. The number of carbonyl (C=O) groups is 1. The third-order valence-electron chi connectivity index (χ3n) is 8.92. The maximum Gasteiger partial charge on any atom is 0.264 e. The van der Waals surface area contributed by atoms with E-state index in [0.29, 0.717) is 43.0 Å². The summed E-state index contributed by atoms with van der Waals surface area (Å²) < 4.78 is 3.19. The average molecular weight is 520 g/mol. The molecule has 3 aliphatic rings. The van der Waals surface area contributed by atoms with E-state index in [1.165, 1.54) is 10.9 Å². The number of carbonyl (C=O) groups excluding carboxylic acids is 1. The van der Waals surface area contributed by atoms with Crippen LogP contribution in [0.5, 0.6) is 0 Å². The van der Waals surface area contributed by atoms with E-state index >= 15 is 0 Å². The third-order valence-corrected chi connectivity index (χ3v) is 8.92. The van der Waals surface area contributed by atoms with Gasteiger partial charge < -0.3 is 19.8 Å². The molecule has 1 saturated carbocycles. The van der Waals surface area contributed by atoms with Crippen molar-refractivity contribution in [3.63, 3.8) is 0 Å². The molecule has 6 rings (SSSR count). The van der Waals surface area contributed by atoms with Crippen LogP contribution in [0.4, 0.5) is 5.69 Å². The van der Waals surface area contributed by atoms with Crippen LogP contribution in [0.25, 0.3) is 16.7 Å². The van der Waals surface area contributed by atoms with E-state index in [1.54, 1.807) is 10.9 Å². The van der Waals surface area contributed by atoms with Crippen molar-refractivity contribution in [2.24, 2.45) is 5.41 Å². The molecule has 1 N–H and O–H groups in total. The molecule has 1 aliphatic carbocycles. The van der Waals surface area contributed by atoms with Gasteiger partial charge in [0.2, 0.25) is 5.91 Å². The van der Waals surface area contributed by atoms with Crippen molar-refractivity contribution in [1.29, 1.82) is 0 Å². The van der Waals surface area contributed by atoms with Crippen molar-refractivity contribution < 1.29 is 9.90 Å². The van der Waals surface area contributed by atoms with Gasteiger partial charge in [0.15, 0.2) is 5.65 Å². The minimum atomic E-state index is -1.05. The van der Waals surface area contributed by atoms with Crippen LogP contribution in [0, 0.1) is 5.41 Å². The van der Waals surface area contributed by atoms with Crippen LogP contribution < -0.4 is 10.5 Å². The van der Waals surface area contributed by atoms with Gasteiger partial charge in [0.25, 0.3) is 5.56 Å². The molecule has 1 amide bonds. The molecule has 0 spiro atoms. The van der Waals surface area contributed by atoms with E-state index in [2.05, 4.69) is 46.0 Å². The summed E-state index contributed by atoms with van der Waals surface area (Å²) in [6.07, 6.45) is 5.84. The Labute approximate surface area is 222 Å². The van der Waals surface area contributed by atoms with E-state index in [1.807, 2.05) is 24.0 Å². The summed E-state index contributed by atoms with van der Waals surface area (Å²) in [5.41, 5.74) is 1.01. The van der Waals surface area contributed by atoms with Gasteiger partial charge in [-0.15, -0.1) is 0 Å². The van der Waals surface area contributed by atoms with E-state index in [-0.39, 0.29) is 23.4 Å². The molecule has 38 heavy (non-hydrogen) atoms. The molecular formula is C28H37N7O3. The SMILES string of the molecule is C[C@H]1CN(c2cccc(-n3ncc4c(=O)n(CC5(O)CCN(C(=O)C6(C)CC6)CC5)cnc43)c2)CCN1C. The summed E-state index contributed by atoms with van der Waals surface area (Å²) in [5, 5.41) is 16.2. The number of fused-ring (bicyclic) bond motifs is 1. The molecule has 3 fully saturated rings. The van der Waals surface area contributed by atoms with E-state index < -0.39 is 5.60 Å². The number of nitrogens with zero attached hydrogens (tertiary/aromatic N) is 7. The topological polar surface area (TPSA) is 99.7 Å². The van der Waals surface area contributed by atoms with Gasteiger partial charge >= 0.3 is 0 Å². The fraction of sp³-hybridized carbons (Fsp3) is 0.571. The molecule has 202 valence electrons. The number of piperidine rings is 1. The highest BCUT2D eigenvalue weighted by atomic mass is 16.3. The lowest BCUT2D eigenvalue weighted by Gasteiger charge is -2.39. The second-order valence-electron chi connectivity index (χ2n) is 11.8. The summed E-state index contributed by atoms with van der Waals surface area (Å²) in [6, 6.07) is 8.67. The standard InChI is InChI=1S/C28H37N7O3/c1-20-17-33(14-13-31(20)3)21-5-4-6-22(15-21)35-24-23(16-30-35)25(36)34(19-29-24)18-28(38)9-11-32(12-10-28)26(37)27(2)7-8-27/h4-6,15-16,19-20,38H,7-14,17-18H2,1-3H3/t20-/m0/s1. The quantitative estimate of drug-likeness (QED) is 0.549. The van der Waals surface area contributed by atoms with Gasteiger partial charge in [0.1, 0.15) is 11.7 Å². The number of likely N-dealkylation sites (N-methyl/N-ethyl adjacent to an activating group) is 1. The normalized spacial score (nSPS) is 23.1. The predicted molar refractivity (Wildman–Crippen MR) is 146 cm³/mol. The lowest BCUT2D eigenvalue weighted by Crippen LogP contribution is -2.51. The number of rotatable bonds is 5. The summed E-state index contributed by atoms with van der Waals surface area (Å²) in [5.74, 6) is 0.193. The highest BCUT2D eigenvalue weighted by Gasteiger charge is 2.48. The summed E-state index contributed by atoms with van der Waals surface area (Å²) in [4.78, 5) is 37.2. The minimum absolute atomic E-state index is 0.149. The van der Waals surface area contributed by atoms with E-state index in [9.17, 15) is 14.7 Å². The summed E-state index contributed by atoms with van der Waals surface area (Å²) in [6.45, 7) is 8.34. The van der Waals surface area contributed by atoms with Crippen LogP contribution in [0.1, 0.15) is 39.5 Å². The number of anilines is 1. The zero-order valence-corrected chi connectivity index (χ0v) is 22.5. The van der Waals surface area contributed by atoms with E-state index in [4.69, 9.17) is 0 Å². The van der Waals surface area contributed by atoms with Gasteiger partial charge in [-0.2, -0.15) is 5.10 Å². The first-order valence-corrected chi connectivity index (χ1v) is 13.7. The van der Waals surface area contributed by atoms with Gasteiger partial charge in [-0.05, 0) is 57.9 Å². The maximum atomic E-state index is 13.4. The minimum Gasteiger partial charge on any atom is -0.388 e. The fourth-order valence-electron chi connectivity index (χ4n) is 5.74. The summed E-state index contributed by atoms with van der Waals surface area (Å²) in [7, 11) is 2.16. The van der Waals surface area contributed by atoms with Gasteiger partial charge in [-0.1, -0.05) is 13.0 Å². The Kier molecular flexibility index (Phi) is 6.07. The molecule has 2 saturated heterocycles. The van der Waals surface area contributed by atoms with Gasteiger partial charge in [0.05, 0.1) is 24.0 Å². The summed E-state index contributed by atoms with van der Waals surface area (Å²) >= 11 is 0. The second kappa shape index (κ2) is 9.20.